The van der Waals surface area contributed by atoms with E-state index in [4.69, 9.17) is 5.26 Å². The Balaban J connectivity index is 0.000000810. The van der Waals surface area contributed by atoms with Gasteiger partial charge in [0.2, 0.25) is 0 Å². The topological polar surface area (TPSA) is 23.8 Å². The van der Waals surface area contributed by atoms with Gasteiger partial charge in [-0.3, -0.25) is 0 Å². The van der Waals surface area contributed by atoms with Crippen molar-refractivity contribution in [2.75, 3.05) is 0 Å². The Morgan fingerprint density at radius 3 is 2.30 bits per heavy atom. The first kappa shape index (κ1) is 9.71. The van der Waals surface area contributed by atoms with Gasteiger partial charge in [0.15, 0.2) is 0 Å². The molecule has 0 N–H and O–H groups in total. The molecule has 1 rings (SSSR count). The van der Waals surface area contributed by atoms with Gasteiger partial charge in [-0.15, -0.1) is 0 Å². The molecular weight excluding hydrogens is 133 g/mol. The molecule has 0 amide bonds. The van der Waals surface area contributed by atoms with E-state index in [1.54, 1.807) is 0 Å². The van der Waals surface area contributed by atoms with Gasteiger partial charge in [-0.25, -0.2) is 0 Å². The molecule has 0 saturated carbocycles. The summed E-state index contributed by atoms with van der Waals surface area (Å²) in [5, 5.41) is 8.27. The van der Waals surface area contributed by atoms with Crippen LogP contribution in [0.4, 0.5) is 0 Å². The molecule has 1 aromatic carbocycles. The zero-order chi connectivity index (χ0) is 6.53. The first-order valence-electron chi connectivity index (χ1n) is 2.84. The summed E-state index contributed by atoms with van der Waals surface area (Å²) < 4.78 is 0. The van der Waals surface area contributed by atoms with Gasteiger partial charge in [0, 0.05) is 29.6 Å². The normalized spacial score (nSPS) is 7.50. The van der Waals surface area contributed by atoms with Crippen molar-refractivity contribution in [1.82, 2.24) is 0 Å². The molecule has 1 radical (unpaired) electrons. The minimum atomic E-state index is 0. The first-order chi connectivity index (χ1) is 4.43. The van der Waals surface area contributed by atoms with Crippen LogP contribution in [0.5, 0.6) is 0 Å². The second-order valence-corrected chi connectivity index (χ2v) is 1.82. The molecule has 1 nitrogen and oxygen atoms in total. The molecule has 1 aromatic rings. The van der Waals surface area contributed by atoms with Gasteiger partial charge in [0.25, 0.3) is 0 Å². The third-order valence-corrected chi connectivity index (χ3v) is 1.13. The molecule has 0 aromatic heterocycles. The molecule has 0 aliphatic carbocycles. The van der Waals surface area contributed by atoms with E-state index >= 15 is 0 Å². The number of rotatable bonds is 1. The van der Waals surface area contributed by atoms with Gasteiger partial charge < -0.3 is 0 Å². The Labute approximate surface area is 83.0 Å². The first-order valence-corrected chi connectivity index (χ1v) is 2.84. The molecule has 0 saturated heterocycles. The molecule has 10 heavy (non-hydrogen) atoms. The molecule has 0 aliphatic rings. The fourth-order valence-corrected chi connectivity index (χ4v) is 0.687. The number of hydrogen-bond acceptors (Lipinski definition) is 1. The van der Waals surface area contributed by atoms with Crippen molar-refractivity contribution in [3.8, 4) is 6.07 Å². The molecule has 0 fully saturated rings. The summed E-state index contributed by atoms with van der Waals surface area (Å²) in [4.78, 5) is 0. The van der Waals surface area contributed by atoms with Gasteiger partial charge in [0.1, 0.15) is 0 Å². The zero-order valence-electron chi connectivity index (χ0n) is 6.04. The molecule has 0 aliphatic heterocycles. The smallest absolute Gasteiger partial charge is 0.0669 e. The number of benzene rings is 1. The number of nitriles is 1. The fourth-order valence-electron chi connectivity index (χ4n) is 0.687. The van der Waals surface area contributed by atoms with E-state index in [9.17, 15) is 0 Å². The molecule has 0 heterocycles. The van der Waals surface area contributed by atoms with Crippen molar-refractivity contribution in [2.24, 2.45) is 0 Å². The fraction of sp³-hybridized carbons (Fsp3) is 0.125. The van der Waals surface area contributed by atoms with Gasteiger partial charge in [-0.1, -0.05) is 30.3 Å². The van der Waals surface area contributed by atoms with E-state index in [2.05, 4.69) is 6.07 Å². The molecule has 0 unspecified atom stereocenters. The van der Waals surface area contributed by atoms with Crippen molar-refractivity contribution >= 4 is 29.6 Å². The predicted molar refractivity (Wildman–Crippen MR) is 41.5 cm³/mol. The standard InChI is InChI=1S/C8H7N.Na/c9-7-6-8-4-2-1-3-5-8;/h1-5H,6H2;. The van der Waals surface area contributed by atoms with Crippen LogP contribution in [-0.2, 0) is 6.42 Å². The molecule has 0 bridgehead atoms. The average Bonchev–Trinajstić information content (AvgIpc) is 1.91. The SMILES string of the molecule is N#CCc1ccccc1.[Na]. The number of nitrogens with zero attached hydrogens (tertiary/aromatic N) is 1. The second kappa shape index (κ2) is 5.49. The molecule has 2 heteroatoms. The van der Waals surface area contributed by atoms with Crippen molar-refractivity contribution in [1.29, 1.82) is 5.26 Å². The van der Waals surface area contributed by atoms with Gasteiger partial charge >= 0.3 is 0 Å². The molecular formula is C8H7NNa. The van der Waals surface area contributed by atoms with E-state index in [-0.39, 0.29) is 29.6 Å². The summed E-state index contributed by atoms with van der Waals surface area (Å²) in [7, 11) is 0. The summed E-state index contributed by atoms with van der Waals surface area (Å²) in [5.41, 5.74) is 1.08. The van der Waals surface area contributed by atoms with Crippen LogP contribution in [0.2, 0.25) is 0 Å². The summed E-state index contributed by atoms with van der Waals surface area (Å²) in [6, 6.07) is 11.8. The predicted octanol–water partition coefficient (Wildman–Crippen LogP) is 1.37. The Bertz CT molecular complexity index is 212. The Kier molecular flexibility index (Phi) is 5.33. The Morgan fingerprint density at radius 2 is 1.80 bits per heavy atom. The molecule has 0 atom stereocenters. The molecule has 45 valence electrons. The van der Waals surface area contributed by atoms with Crippen LogP contribution in [0.1, 0.15) is 5.56 Å². The van der Waals surface area contributed by atoms with Crippen LogP contribution in [0.25, 0.3) is 0 Å². The second-order valence-electron chi connectivity index (χ2n) is 1.82. The quantitative estimate of drug-likeness (QED) is 0.540. The summed E-state index contributed by atoms with van der Waals surface area (Å²) in [5.74, 6) is 0. The summed E-state index contributed by atoms with van der Waals surface area (Å²) in [6.07, 6.45) is 0.515. The van der Waals surface area contributed by atoms with Crippen LogP contribution >= 0.6 is 0 Å². The third kappa shape index (κ3) is 3.03. The maximum absolute atomic E-state index is 8.27. The summed E-state index contributed by atoms with van der Waals surface area (Å²) in [6.45, 7) is 0. The molecule has 0 spiro atoms. The largest absolute Gasteiger partial charge is 0.198 e. The minimum Gasteiger partial charge on any atom is -0.198 e. The van der Waals surface area contributed by atoms with Crippen LogP contribution in [-0.4, -0.2) is 29.6 Å². The van der Waals surface area contributed by atoms with E-state index in [1.807, 2.05) is 30.3 Å². The number of hydrogen-bond donors (Lipinski definition) is 0. The average molecular weight is 140 g/mol. The maximum Gasteiger partial charge on any atom is 0.0669 e. The van der Waals surface area contributed by atoms with Gasteiger partial charge in [-0.2, -0.15) is 5.26 Å². The van der Waals surface area contributed by atoms with Crippen LogP contribution in [0.3, 0.4) is 0 Å². The van der Waals surface area contributed by atoms with Crippen molar-refractivity contribution in [2.45, 2.75) is 6.42 Å². The zero-order valence-corrected chi connectivity index (χ0v) is 8.04. The maximum atomic E-state index is 8.27. The third-order valence-electron chi connectivity index (χ3n) is 1.13. The van der Waals surface area contributed by atoms with E-state index in [0.29, 0.717) is 6.42 Å². The van der Waals surface area contributed by atoms with E-state index in [0.717, 1.165) is 5.56 Å². The van der Waals surface area contributed by atoms with E-state index < -0.39 is 0 Å². The van der Waals surface area contributed by atoms with E-state index in [1.165, 1.54) is 0 Å². The summed E-state index contributed by atoms with van der Waals surface area (Å²) >= 11 is 0. The van der Waals surface area contributed by atoms with Crippen LogP contribution in [0, 0.1) is 11.3 Å². The van der Waals surface area contributed by atoms with Crippen LogP contribution < -0.4 is 0 Å². The minimum absolute atomic E-state index is 0. The van der Waals surface area contributed by atoms with Gasteiger partial charge in [-0.05, 0) is 5.56 Å². The Hall–Kier alpha value is -0.290. The van der Waals surface area contributed by atoms with Crippen molar-refractivity contribution < 1.29 is 0 Å². The van der Waals surface area contributed by atoms with Crippen LogP contribution in [0.15, 0.2) is 30.3 Å². The monoisotopic (exact) mass is 140 g/mol. The van der Waals surface area contributed by atoms with Crippen molar-refractivity contribution in [3.63, 3.8) is 0 Å². The van der Waals surface area contributed by atoms with Gasteiger partial charge in [0.05, 0.1) is 12.5 Å². The Morgan fingerprint density at radius 1 is 1.20 bits per heavy atom. The van der Waals surface area contributed by atoms with Crippen molar-refractivity contribution in [3.05, 3.63) is 35.9 Å².